The molecule has 0 nitrogen and oxygen atoms in total. The van der Waals surface area contributed by atoms with E-state index < -0.39 is 0 Å². The van der Waals surface area contributed by atoms with Gasteiger partial charge in [-0.1, -0.05) is 15.9 Å². The summed E-state index contributed by atoms with van der Waals surface area (Å²) < 4.78 is 0. The summed E-state index contributed by atoms with van der Waals surface area (Å²) in [6.07, 6.45) is 6.88. The van der Waals surface area contributed by atoms with Gasteiger partial charge in [0.05, 0.1) is 0 Å². The molecule has 0 radical (unpaired) electrons. The van der Waals surface area contributed by atoms with E-state index in [1.54, 1.807) is 25.7 Å². The average molecular weight is 353 g/mol. The summed E-state index contributed by atoms with van der Waals surface area (Å²) in [6.45, 7) is 0. The summed E-state index contributed by atoms with van der Waals surface area (Å²) >= 11 is 4.42. The van der Waals surface area contributed by atoms with Gasteiger partial charge in [0.1, 0.15) is 0 Å². The minimum Gasteiger partial charge on any atom is -0.0884 e. The van der Waals surface area contributed by atoms with Crippen molar-refractivity contribution in [3.63, 3.8) is 0 Å². The number of halogens is 1. The Morgan fingerprint density at radius 3 is 1.50 bits per heavy atom. The molecule has 0 heterocycles. The highest BCUT2D eigenvalue weighted by Crippen LogP contribution is 3.21. The number of alkyl halides is 1. The molecule has 0 aromatic heterocycles. The first kappa shape index (κ1) is 9.83. The molecule has 13 fully saturated rings. The maximum Gasteiger partial charge on any atom is 0.0219 e. The standard InChI is InChI=1S/C21H21Br/c22-17-15-13-5-1-2-6-14(13)16(17)21-10-4-9-11-7-3-8(12(10)11)19(6,21)18(5,7)20(9,15)21/h5-17H,1-4H2/t5-,6+,7+,8-,9-,10+,11-,12-,13+,14+,15-,16+,17?,18+,19-,20+,21-/m0/s1. The van der Waals surface area contributed by atoms with Gasteiger partial charge in [-0.05, 0) is 118 Å². The number of rotatable bonds is 0. The number of hydrogen-bond acceptors (Lipinski definition) is 0. The summed E-state index contributed by atoms with van der Waals surface area (Å²) in [5.41, 5.74) is 3.88. The summed E-state index contributed by atoms with van der Waals surface area (Å²) in [4.78, 5) is 0.983. The quantitative estimate of drug-likeness (QED) is 0.581. The fraction of sp³-hybridized carbons (Fsp3) is 1.00. The minimum atomic E-state index is 0.960. The smallest absolute Gasteiger partial charge is 0.0219 e. The third kappa shape index (κ3) is 0.367. The molecule has 8 bridgehead atoms. The Hall–Kier alpha value is 0.480. The second kappa shape index (κ2) is 1.98. The van der Waals surface area contributed by atoms with Crippen LogP contribution in [0.1, 0.15) is 25.7 Å². The lowest BCUT2D eigenvalue weighted by atomic mass is 9.24. The van der Waals surface area contributed by atoms with Gasteiger partial charge in [0.15, 0.2) is 0 Å². The molecule has 1 unspecified atom stereocenters. The zero-order chi connectivity index (χ0) is 13.3. The van der Waals surface area contributed by atoms with Crippen LogP contribution in [0.4, 0.5) is 0 Å². The Kier molecular flexibility index (Phi) is 0.884. The van der Waals surface area contributed by atoms with Crippen molar-refractivity contribution in [3.8, 4) is 0 Å². The van der Waals surface area contributed by atoms with Crippen molar-refractivity contribution in [2.75, 3.05) is 0 Å². The van der Waals surface area contributed by atoms with Crippen LogP contribution < -0.4 is 0 Å². The van der Waals surface area contributed by atoms with E-state index in [1.165, 1.54) is 71.0 Å². The zero-order valence-electron chi connectivity index (χ0n) is 12.7. The zero-order valence-corrected chi connectivity index (χ0v) is 14.3. The number of fused-ring (bicyclic) bond motifs is 1. The van der Waals surface area contributed by atoms with Crippen molar-refractivity contribution < 1.29 is 0 Å². The van der Waals surface area contributed by atoms with Gasteiger partial charge < -0.3 is 0 Å². The third-order valence-electron chi connectivity index (χ3n) is 14.3. The maximum absolute atomic E-state index is 4.42. The van der Waals surface area contributed by atoms with Crippen LogP contribution in [0.2, 0.25) is 0 Å². The first-order valence-corrected chi connectivity index (χ1v) is 11.4. The molecular weight excluding hydrogens is 332 g/mol. The highest BCUT2D eigenvalue weighted by Gasteiger charge is 3.19. The van der Waals surface area contributed by atoms with Crippen molar-refractivity contribution in [1.29, 1.82) is 0 Å². The molecule has 13 rings (SSSR count). The van der Waals surface area contributed by atoms with Gasteiger partial charge in [-0.25, -0.2) is 0 Å². The second-order valence-corrected chi connectivity index (χ2v) is 13.0. The van der Waals surface area contributed by atoms with Crippen LogP contribution >= 0.6 is 15.9 Å². The SMILES string of the molecule is BrC1[C@@H]2[C@H]3[C@H]4[C@H]5CC[C@@H]3[C@@]36[C@@H]7C[C@H]8[C@@H]9[C@@H]7[C@@H]7C[C@H]9[C@]([C@@H]14)([C@@]583)[C@@]276. The molecule has 13 aliphatic rings. The third-order valence-corrected chi connectivity index (χ3v) is 15.4. The monoisotopic (exact) mass is 352 g/mol. The lowest BCUT2D eigenvalue weighted by Crippen LogP contribution is -2.77. The van der Waals surface area contributed by atoms with Gasteiger partial charge in [-0.2, -0.15) is 0 Å². The summed E-state index contributed by atoms with van der Waals surface area (Å²) in [5.74, 6) is 14.9. The largest absolute Gasteiger partial charge is 0.0884 e. The fourth-order valence-electron chi connectivity index (χ4n) is 17.0. The molecule has 22 heavy (non-hydrogen) atoms. The van der Waals surface area contributed by atoms with Crippen LogP contribution in [-0.2, 0) is 0 Å². The van der Waals surface area contributed by atoms with Crippen LogP contribution in [0.3, 0.4) is 0 Å². The lowest BCUT2D eigenvalue weighted by Gasteiger charge is -2.79. The fourth-order valence-corrected chi connectivity index (χ4v) is 18.5. The Morgan fingerprint density at radius 2 is 1.00 bits per heavy atom. The Balaban J connectivity index is 1.53. The molecule has 0 saturated heterocycles. The molecule has 112 valence electrons. The molecule has 0 aromatic rings. The van der Waals surface area contributed by atoms with Crippen molar-refractivity contribution in [3.05, 3.63) is 0 Å². The molecule has 0 amide bonds. The first-order chi connectivity index (χ1) is 10.8. The Morgan fingerprint density at radius 1 is 0.545 bits per heavy atom. The van der Waals surface area contributed by atoms with E-state index in [0.717, 1.165) is 26.5 Å². The van der Waals surface area contributed by atoms with Crippen LogP contribution in [0.5, 0.6) is 0 Å². The Bertz CT molecular complexity index is 719. The summed E-state index contributed by atoms with van der Waals surface area (Å²) in [5, 5.41) is 0. The van der Waals surface area contributed by atoms with E-state index in [1.807, 2.05) is 0 Å². The van der Waals surface area contributed by atoms with Gasteiger partial charge in [0.2, 0.25) is 0 Å². The molecule has 1 heteroatoms. The lowest BCUT2D eigenvalue weighted by molar-refractivity contribution is -0.339. The molecule has 17 atom stereocenters. The van der Waals surface area contributed by atoms with Crippen molar-refractivity contribution in [1.82, 2.24) is 0 Å². The van der Waals surface area contributed by atoms with Crippen molar-refractivity contribution >= 4 is 15.9 Å². The van der Waals surface area contributed by atoms with Gasteiger partial charge in [0.25, 0.3) is 0 Å². The normalized spacial score (nSPS) is 103. The summed E-state index contributed by atoms with van der Waals surface area (Å²) in [7, 11) is 0. The molecule has 4 spiro atoms. The van der Waals surface area contributed by atoms with Gasteiger partial charge >= 0.3 is 0 Å². The predicted molar refractivity (Wildman–Crippen MR) is 82.8 cm³/mol. The molecule has 0 aliphatic heterocycles. The van der Waals surface area contributed by atoms with Crippen LogP contribution in [0.25, 0.3) is 0 Å². The van der Waals surface area contributed by atoms with Crippen LogP contribution in [0.15, 0.2) is 0 Å². The van der Waals surface area contributed by atoms with E-state index in [4.69, 9.17) is 0 Å². The molecule has 0 N–H and O–H groups in total. The topological polar surface area (TPSA) is 0 Å². The Labute approximate surface area is 139 Å². The van der Waals surface area contributed by atoms with Gasteiger partial charge in [0, 0.05) is 4.83 Å². The maximum atomic E-state index is 4.42. The average Bonchev–Trinajstić information content (AvgIpc) is 3.26. The van der Waals surface area contributed by atoms with E-state index in [9.17, 15) is 0 Å². The van der Waals surface area contributed by atoms with Gasteiger partial charge in [-0.3, -0.25) is 0 Å². The first-order valence-electron chi connectivity index (χ1n) is 10.5. The minimum absolute atomic E-state index is 0.960. The number of hydrogen-bond donors (Lipinski definition) is 0. The molecule has 13 aliphatic carbocycles. The predicted octanol–water partition coefficient (Wildman–Crippen LogP) is 3.80. The second-order valence-electron chi connectivity index (χ2n) is 12.0. The molecule has 0 aromatic carbocycles. The van der Waals surface area contributed by atoms with E-state index >= 15 is 0 Å². The van der Waals surface area contributed by atoms with E-state index in [2.05, 4.69) is 15.9 Å². The van der Waals surface area contributed by atoms with Crippen LogP contribution in [0, 0.1) is 92.7 Å². The highest BCUT2D eigenvalue weighted by molar-refractivity contribution is 9.09. The highest BCUT2D eigenvalue weighted by atomic mass is 79.9. The van der Waals surface area contributed by atoms with Gasteiger partial charge in [-0.15, -0.1) is 0 Å². The van der Waals surface area contributed by atoms with E-state index in [0.29, 0.717) is 0 Å². The van der Waals surface area contributed by atoms with Crippen molar-refractivity contribution in [2.24, 2.45) is 92.7 Å². The molecular formula is C21H21Br. The van der Waals surface area contributed by atoms with Crippen LogP contribution in [-0.4, -0.2) is 4.83 Å². The molecule has 13 saturated carbocycles. The van der Waals surface area contributed by atoms with E-state index in [-0.39, 0.29) is 0 Å². The summed E-state index contributed by atoms with van der Waals surface area (Å²) in [6, 6.07) is 0. The van der Waals surface area contributed by atoms with Crippen molar-refractivity contribution in [2.45, 2.75) is 30.5 Å².